The molecule has 0 spiro atoms. The molecule has 3 heterocycles. The van der Waals surface area contributed by atoms with E-state index in [1.807, 2.05) is 0 Å². The van der Waals surface area contributed by atoms with Crippen LogP contribution in [0.15, 0.2) is 42.6 Å². The van der Waals surface area contributed by atoms with Gasteiger partial charge in [0.15, 0.2) is 0 Å². The number of carbonyl (C=O) groups is 1. The predicted molar refractivity (Wildman–Crippen MR) is 109 cm³/mol. The monoisotopic (exact) mass is 402 g/mol. The lowest BCUT2D eigenvalue weighted by Gasteiger charge is -2.45. The molecule has 2 aromatic rings. The first kappa shape index (κ1) is 18.2. The molecule has 2 saturated heterocycles. The molecule has 4 rings (SSSR count). The molecule has 0 bridgehead atoms. The van der Waals surface area contributed by atoms with Crippen molar-refractivity contribution in [2.24, 2.45) is 0 Å². The zero-order valence-electron chi connectivity index (χ0n) is 14.6. The maximum Gasteiger partial charge on any atom is 0.274 e. The number of aromatic nitrogens is 1. The van der Waals surface area contributed by atoms with Crippen LogP contribution >= 0.6 is 23.8 Å². The van der Waals surface area contributed by atoms with E-state index in [-0.39, 0.29) is 5.91 Å². The first-order chi connectivity index (χ1) is 13.1. The quantitative estimate of drug-likeness (QED) is 0.786. The number of nitrogens with one attached hydrogen (secondary N) is 1. The maximum atomic E-state index is 12.2. The molecule has 2 aliphatic heterocycles. The molecule has 140 valence electrons. The summed E-state index contributed by atoms with van der Waals surface area (Å²) in [7, 11) is 0. The number of rotatable bonds is 3. The van der Waals surface area contributed by atoms with Crippen LogP contribution in [0.2, 0.25) is 5.02 Å². The number of hydroxylamine groups is 1. The summed E-state index contributed by atoms with van der Waals surface area (Å²) in [6.07, 6.45) is 5.02. The van der Waals surface area contributed by atoms with Crippen LogP contribution in [0.1, 0.15) is 29.8 Å². The second-order valence-electron chi connectivity index (χ2n) is 6.55. The summed E-state index contributed by atoms with van der Waals surface area (Å²) >= 11 is 12.1. The summed E-state index contributed by atoms with van der Waals surface area (Å²) in [5.41, 5.74) is 1.59. The summed E-state index contributed by atoms with van der Waals surface area (Å²) in [4.78, 5) is 24.4. The predicted octanol–water partition coefficient (Wildman–Crippen LogP) is 3.88. The number of benzene rings is 1. The van der Waals surface area contributed by atoms with Gasteiger partial charge < -0.3 is 10.2 Å². The largest absolute Gasteiger partial charge is 0.342 e. The fraction of sp³-hybridized carbons (Fsp3) is 0.316. The van der Waals surface area contributed by atoms with Crippen molar-refractivity contribution in [3.05, 3.63) is 53.3 Å². The minimum Gasteiger partial charge on any atom is -0.342 e. The van der Waals surface area contributed by atoms with Gasteiger partial charge in [-0.25, -0.2) is 0 Å². The lowest BCUT2D eigenvalue weighted by molar-refractivity contribution is 0.0376. The molecule has 1 atom stereocenters. The van der Waals surface area contributed by atoms with E-state index >= 15 is 0 Å². The minimum absolute atomic E-state index is 0.291. The van der Waals surface area contributed by atoms with E-state index in [9.17, 15) is 4.79 Å². The van der Waals surface area contributed by atoms with E-state index in [0.29, 0.717) is 39.9 Å². The average Bonchev–Trinajstić information content (AvgIpc) is 2.70. The molecule has 1 aromatic heterocycles. The van der Waals surface area contributed by atoms with Crippen LogP contribution in [0.3, 0.4) is 0 Å². The van der Waals surface area contributed by atoms with Crippen LogP contribution in [0, 0.1) is 0 Å². The van der Waals surface area contributed by atoms with E-state index in [1.165, 1.54) is 6.42 Å². The van der Waals surface area contributed by atoms with Crippen molar-refractivity contribution >= 4 is 46.2 Å². The SMILES string of the molecule is O=C(Nc1ccc(N2OCC3CCCCN3C2=S)c(Cl)c1)c1ccccn1. The van der Waals surface area contributed by atoms with E-state index in [2.05, 4.69) is 15.2 Å². The Balaban J connectivity index is 1.50. The lowest BCUT2D eigenvalue weighted by atomic mass is 10.0. The number of pyridine rings is 1. The van der Waals surface area contributed by atoms with Gasteiger partial charge in [-0.05, 0) is 61.8 Å². The van der Waals surface area contributed by atoms with Crippen molar-refractivity contribution in [3.63, 3.8) is 0 Å². The molecule has 2 fully saturated rings. The number of hydrogen-bond donors (Lipinski definition) is 1. The Bertz CT molecular complexity index is 864. The van der Waals surface area contributed by atoms with Crippen molar-refractivity contribution in [1.29, 1.82) is 0 Å². The van der Waals surface area contributed by atoms with Crippen molar-refractivity contribution in [1.82, 2.24) is 9.88 Å². The van der Waals surface area contributed by atoms with Crippen molar-refractivity contribution in [2.75, 3.05) is 23.5 Å². The molecule has 1 unspecified atom stereocenters. The molecule has 0 radical (unpaired) electrons. The van der Waals surface area contributed by atoms with E-state index < -0.39 is 0 Å². The Morgan fingerprint density at radius 3 is 2.96 bits per heavy atom. The van der Waals surface area contributed by atoms with Crippen molar-refractivity contribution in [3.8, 4) is 0 Å². The van der Waals surface area contributed by atoms with Gasteiger partial charge in [0.2, 0.25) is 5.11 Å². The van der Waals surface area contributed by atoms with Crippen molar-refractivity contribution in [2.45, 2.75) is 25.3 Å². The van der Waals surface area contributed by atoms with Gasteiger partial charge in [0, 0.05) is 18.4 Å². The highest BCUT2D eigenvalue weighted by Crippen LogP contribution is 2.33. The zero-order chi connectivity index (χ0) is 18.8. The third-order valence-corrected chi connectivity index (χ3v) is 5.47. The molecule has 1 N–H and O–H groups in total. The van der Waals surface area contributed by atoms with Crippen LogP contribution in [0.5, 0.6) is 0 Å². The van der Waals surface area contributed by atoms with Gasteiger partial charge in [0.25, 0.3) is 5.91 Å². The van der Waals surface area contributed by atoms with Gasteiger partial charge >= 0.3 is 0 Å². The highest BCUT2D eigenvalue weighted by Gasteiger charge is 2.34. The summed E-state index contributed by atoms with van der Waals surface area (Å²) in [5, 5.41) is 5.50. The standard InChI is InChI=1S/C19H19ClN4O2S/c20-15-11-13(22-18(25)16-6-1-3-9-21-16)7-8-17(15)24-19(27)23-10-4-2-5-14(23)12-26-24/h1,3,6-9,11,14H,2,4-5,10,12H2,(H,22,25). The van der Waals surface area contributed by atoms with Gasteiger partial charge in [0.1, 0.15) is 5.69 Å². The van der Waals surface area contributed by atoms with Crippen LogP contribution in [0.4, 0.5) is 11.4 Å². The molecule has 1 amide bonds. The molecule has 6 nitrogen and oxygen atoms in total. The van der Waals surface area contributed by atoms with Crippen LogP contribution < -0.4 is 10.4 Å². The number of fused-ring (bicyclic) bond motifs is 1. The van der Waals surface area contributed by atoms with Crippen LogP contribution in [-0.4, -0.2) is 40.1 Å². The highest BCUT2D eigenvalue weighted by molar-refractivity contribution is 7.80. The third-order valence-electron chi connectivity index (χ3n) is 4.76. The van der Waals surface area contributed by atoms with Crippen LogP contribution in [0.25, 0.3) is 0 Å². The van der Waals surface area contributed by atoms with E-state index in [4.69, 9.17) is 28.7 Å². The fourth-order valence-electron chi connectivity index (χ4n) is 3.37. The zero-order valence-corrected chi connectivity index (χ0v) is 16.2. The molecule has 27 heavy (non-hydrogen) atoms. The summed E-state index contributed by atoms with van der Waals surface area (Å²) in [6.45, 7) is 1.54. The Morgan fingerprint density at radius 1 is 1.30 bits per heavy atom. The number of nitrogens with zero attached hydrogens (tertiary/aromatic N) is 3. The number of carbonyl (C=O) groups excluding carboxylic acids is 1. The molecular formula is C19H19ClN4O2S. The summed E-state index contributed by atoms with van der Waals surface area (Å²) < 4.78 is 0. The normalized spacial score (nSPS) is 19.6. The summed E-state index contributed by atoms with van der Waals surface area (Å²) in [5.74, 6) is -0.291. The Kier molecular flexibility index (Phi) is 5.24. The number of piperidine rings is 1. The minimum atomic E-state index is -0.291. The second kappa shape index (κ2) is 7.80. The molecule has 8 heteroatoms. The lowest BCUT2D eigenvalue weighted by Crippen LogP contribution is -2.57. The molecule has 0 saturated carbocycles. The van der Waals surface area contributed by atoms with Gasteiger partial charge in [-0.2, -0.15) is 5.06 Å². The molecule has 1 aromatic carbocycles. The fourth-order valence-corrected chi connectivity index (χ4v) is 4.02. The van der Waals surface area contributed by atoms with E-state index in [0.717, 1.165) is 19.4 Å². The Morgan fingerprint density at radius 2 is 2.19 bits per heavy atom. The number of amides is 1. The molecular weight excluding hydrogens is 384 g/mol. The summed E-state index contributed by atoms with van der Waals surface area (Å²) in [6, 6.07) is 10.8. The highest BCUT2D eigenvalue weighted by atomic mass is 35.5. The molecule has 0 aliphatic carbocycles. The first-order valence-corrected chi connectivity index (χ1v) is 9.67. The van der Waals surface area contributed by atoms with E-state index in [1.54, 1.807) is 47.7 Å². The Labute approximate surface area is 168 Å². The number of hydrogen-bond acceptors (Lipinski definition) is 4. The number of thiocarbonyl (C=S) groups is 1. The molecule has 2 aliphatic rings. The second-order valence-corrected chi connectivity index (χ2v) is 7.32. The Hall–Kier alpha value is -2.22. The topological polar surface area (TPSA) is 57.7 Å². The van der Waals surface area contributed by atoms with Gasteiger partial charge in [-0.1, -0.05) is 17.7 Å². The van der Waals surface area contributed by atoms with Crippen molar-refractivity contribution < 1.29 is 9.63 Å². The average molecular weight is 403 g/mol. The number of anilines is 2. The first-order valence-electron chi connectivity index (χ1n) is 8.89. The maximum absolute atomic E-state index is 12.2. The van der Waals surface area contributed by atoms with Gasteiger partial charge in [-0.15, -0.1) is 0 Å². The smallest absolute Gasteiger partial charge is 0.274 e. The third kappa shape index (κ3) is 3.76. The number of halogens is 1. The van der Waals surface area contributed by atoms with Gasteiger partial charge in [-0.3, -0.25) is 14.6 Å². The van der Waals surface area contributed by atoms with Gasteiger partial charge in [0.05, 0.1) is 23.4 Å². The van der Waals surface area contributed by atoms with Crippen LogP contribution in [-0.2, 0) is 4.84 Å².